The van der Waals surface area contributed by atoms with E-state index >= 15 is 0 Å². The van der Waals surface area contributed by atoms with Gasteiger partial charge in [0.25, 0.3) is 0 Å². The van der Waals surface area contributed by atoms with Gasteiger partial charge in [-0.15, -0.1) is 0 Å². The van der Waals surface area contributed by atoms with E-state index in [-0.39, 0.29) is 0 Å². The summed E-state index contributed by atoms with van der Waals surface area (Å²) in [6, 6.07) is 0. The van der Waals surface area contributed by atoms with Crippen molar-refractivity contribution in [2.45, 2.75) is 20.8 Å². The number of nitrogens with zero attached hydrogens (tertiary/aromatic N) is 1. The van der Waals surface area contributed by atoms with E-state index in [4.69, 9.17) is 11.6 Å². The lowest BCUT2D eigenvalue weighted by Gasteiger charge is -2.01. The van der Waals surface area contributed by atoms with Crippen molar-refractivity contribution >= 4 is 17.3 Å². The average Bonchev–Trinajstić information content (AvgIpc) is 1.87. The SMILES string of the molecule is C=CC(=N/C=C(\C)Cl)C(C)C. The third-order valence-electron chi connectivity index (χ3n) is 1.19. The van der Waals surface area contributed by atoms with Crippen LogP contribution in [0.4, 0.5) is 0 Å². The Balaban J connectivity index is 4.36. The van der Waals surface area contributed by atoms with Gasteiger partial charge >= 0.3 is 0 Å². The molecule has 0 spiro atoms. The van der Waals surface area contributed by atoms with Crippen molar-refractivity contribution in [3.63, 3.8) is 0 Å². The Morgan fingerprint density at radius 2 is 2.09 bits per heavy atom. The minimum Gasteiger partial charge on any atom is -0.260 e. The summed E-state index contributed by atoms with van der Waals surface area (Å²) in [7, 11) is 0. The first kappa shape index (κ1) is 10.4. The third kappa shape index (κ3) is 4.79. The van der Waals surface area contributed by atoms with Gasteiger partial charge in [0.05, 0.1) is 0 Å². The summed E-state index contributed by atoms with van der Waals surface area (Å²) >= 11 is 5.60. The van der Waals surface area contributed by atoms with Gasteiger partial charge in [0, 0.05) is 16.9 Å². The number of rotatable bonds is 3. The molecule has 0 aromatic rings. The molecule has 0 aromatic heterocycles. The zero-order valence-corrected chi connectivity index (χ0v) is 8.02. The van der Waals surface area contributed by atoms with Gasteiger partial charge < -0.3 is 0 Å². The van der Waals surface area contributed by atoms with E-state index < -0.39 is 0 Å². The number of hydrogen-bond acceptors (Lipinski definition) is 1. The quantitative estimate of drug-likeness (QED) is 0.578. The minimum absolute atomic E-state index is 0.403. The van der Waals surface area contributed by atoms with Crippen molar-refractivity contribution < 1.29 is 0 Å². The maximum Gasteiger partial charge on any atom is 0.0423 e. The second-order valence-corrected chi connectivity index (χ2v) is 3.22. The third-order valence-corrected chi connectivity index (χ3v) is 1.29. The standard InChI is InChI=1S/C9H14ClN/c1-5-9(7(2)3)11-6-8(4)10/h5-7H,1H2,2-4H3/b8-6+,11-9?. The van der Waals surface area contributed by atoms with Crippen LogP contribution >= 0.6 is 11.6 Å². The molecule has 0 aliphatic heterocycles. The molecule has 11 heavy (non-hydrogen) atoms. The Hall–Kier alpha value is -0.560. The number of halogens is 1. The van der Waals surface area contributed by atoms with Crippen LogP contribution in [0, 0.1) is 5.92 Å². The second-order valence-electron chi connectivity index (χ2n) is 2.63. The molecule has 0 aliphatic carbocycles. The van der Waals surface area contributed by atoms with Crippen molar-refractivity contribution in [3.8, 4) is 0 Å². The van der Waals surface area contributed by atoms with Crippen molar-refractivity contribution in [2.24, 2.45) is 10.9 Å². The van der Waals surface area contributed by atoms with Crippen LogP contribution in [0.2, 0.25) is 0 Å². The molecule has 0 aliphatic rings. The maximum atomic E-state index is 5.60. The Labute approximate surface area is 73.5 Å². The zero-order chi connectivity index (χ0) is 8.85. The molecule has 0 fully saturated rings. The highest BCUT2D eigenvalue weighted by Crippen LogP contribution is 2.02. The molecule has 0 radical (unpaired) electrons. The molecule has 0 unspecified atom stereocenters. The fourth-order valence-corrected chi connectivity index (χ4v) is 0.650. The van der Waals surface area contributed by atoms with E-state index in [0.29, 0.717) is 11.0 Å². The van der Waals surface area contributed by atoms with Crippen LogP contribution in [-0.2, 0) is 0 Å². The molecule has 0 bridgehead atoms. The Morgan fingerprint density at radius 3 is 2.36 bits per heavy atom. The molecule has 0 aromatic carbocycles. The van der Waals surface area contributed by atoms with E-state index in [1.54, 1.807) is 19.2 Å². The van der Waals surface area contributed by atoms with Crippen LogP contribution in [0.5, 0.6) is 0 Å². The van der Waals surface area contributed by atoms with Crippen molar-refractivity contribution in [2.75, 3.05) is 0 Å². The smallest absolute Gasteiger partial charge is 0.0423 e. The molecule has 62 valence electrons. The predicted molar refractivity (Wildman–Crippen MR) is 52.1 cm³/mol. The monoisotopic (exact) mass is 171 g/mol. The van der Waals surface area contributed by atoms with Crippen LogP contribution in [0.25, 0.3) is 0 Å². The summed E-state index contributed by atoms with van der Waals surface area (Å²) in [4.78, 5) is 4.15. The number of hydrogen-bond donors (Lipinski definition) is 0. The molecule has 0 N–H and O–H groups in total. The highest BCUT2D eigenvalue weighted by molar-refractivity contribution is 6.29. The van der Waals surface area contributed by atoms with Gasteiger partial charge in [0.15, 0.2) is 0 Å². The number of aliphatic imine (C=N–C) groups is 1. The van der Waals surface area contributed by atoms with Crippen molar-refractivity contribution in [1.29, 1.82) is 0 Å². The fraction of sp³-hybridized carbons (Fsp3) is 0.444. The fourth-order valence-electron chi connectivity index (χ4n) is 0.601. The second kappa shape index (κ2) is 5.14. The summed E-state index contributed by atoms with van der Waals surface area (Å²) in [5.41, 5.74) is 0.963. The Kier molecular flexibility index (Phi) is 4.88. The van der Waals surface area contributed by atoms with E-state index in [2.05, 4.69) is 25.4 Å². The maximum absolute atomic E-state index is 5.60. The topological polar surface area (TPSA) is 12.4 Å². The molecule has 0 amide bonds. The van der Waals surface area contributed by atoms with Gasteiger partial charge in [-0.2, -0.15) is 0 Å². The van der Waals surface area contributed by atoms with E-state index in [1.807, 2.05) is 0 Å². The molecule has 2 heteroatoms. The van der Waals surface area contributed by atoms with Gasteiger partial charge in [-0.1, -0.05) is 32.0 Å². The van der Waals surface area contributed by atoms with Gasteiger partial charge in [-0.3, -0.25) is 4.99 Å². The van der Waals surface area contributed by atoms with E-state index in [9.17, 15) is 0 Å². The predicted octanol–water partition coefficient (Wildman–Crippen LogP) is 3.37. The Bertz CT molecular complexity index is 186. The molecule has 0 heterocycles. The molecule has 0 saturated carbocycles. The molecule has 0 saturated heterocycles. The first-order valence-electron chi connectivity index (χ1n) is 3.60. The summed E-state index contributed by atoms with van der Waals surface area (Å²) < 4.78 is 0. The van der Waals surface area contributed by atoms with Gasteiger partial charge in [0.2, 0.25) is 0 Å². The van der Waals surface area contributed by atoms with Crippen LogP contribution in [0.1, 0.15) is 20.8 Å². The first-order chi connectivity index (χ1) is 5.07. The summed E-state index contributed by atoms with van der Waals surface area (Å²) in [5.74, 6) is 0.403. The largest absolute Gasteiger partial charge is 0.260 e. The average molecular weight is 172 g/mol. The van der Waals surface area contributed by atoms with Gasteiger partial charge in [-0.05, 0) is 18.9 Å². The van der Waals surface area contributed by atoms with Crippen LogP contribution < -0.4 is 0 Å². The Morgan fingerprint density at radius 1 is 1.55 bits per heavy atom. The lowest BCUT2D eigenvalue weighted by Crippen LogP contribution is -2.01. The highest BCUT2D eigenvalue weighted by Gasteiger charge is 1.97. The van der Waals surface area contributed by atoms with Crippen molar-refractivity contribution in [1.82, 2.24) is 0 Å². The zero-order valence-electron chi connectivity index (χ0n) is 7.26. The molecular weight excluding hydrogens is 158 g/mol. The highest BCUT2D eigenvalue weighted by atomic mass is 35.5. The van der Waals surface area contributed by atoms with Crippen LogP contribution in [0.15, 0.2) is 28.9 Å². The van der Waals surface area contributed by atoms with Gasteiger partial charge in [-0.25, -0.2) is 0 Å². The molecule has 0 rings (SSSR count). The molecule has 0 atom stereocenters. The molecular formula is C9H14ClN. The normalized spacial score (nSPS) is 13.9. The summed E-state index contributed by atoms with van der Waals surface area (Å²) in [6.07, 6.45) is 3.39. The minimum atomic E-state index is 0.403. The van der Waals surface area contributed by atoms with Gasteiger partial charge in [0.1, 0.15) is 0 Å². The summed E-state index contributed by atoms with van der Waals surface area (Å²) in [6.45, 7) is 9.59. The molecule has 1 nitrogen and oxygen atoms in total. The van der Waals surface area contributed by atoms with Crippen LogP contribution in [0.3, 0.4) is 0 Å². The lowest BCUT2D eigenvalue weighted by molar-refractivity contribution is 0.889. The lowest BCUT2D eigenvalue weighted by atomic mass is 10.1. The number of allylic oxidation sites excluding steroid dienone is 2. The first-order valence-corrected chi connectivity index (χ1v) is 3.98. The van der Waals surface area contributed by atoms with Crippen molar-refractivity contribution in [3.05, 3.63) is 23.9 Å². The van der Waals surface area contributed by atoms with E-state index in [1.165, 1.54) is 0 Å². The van der Waals surface area contributed by atoms with E-state index in [0.717, 1.165) is 5.71 Å². The van der Waals surface area contributed by atoms with Crippen LogP contribution in [-0.4, -0.2) is 5.71 Å². The summed E-state index contributed by atoms with van der Waals surface area (Å²) in [5, 5.41) is 0.685.